The number of esters is 3. The lowest BCUT2D eigenvalue weighted by Crippen LogP contribution is -2.30. The quantitative estimate of drug-likeness (QED) is 0.0351. The van der Waals surface area contributed by atoms with E-state index >= 15 is 0 Å². The second kappa shape index (κ2) is 41.6. The third-order valence-electron chi connectivity index (χ3n) is 10.5. The highest BCUT2D eigenvalue weighted by atomic mass is 16.6. The number of hydrogen-bond acceptors (Lipinski definition) is 6. The molecule has 0 unspecified atom stereocenters. The maximum atomic E-state index is 12.7. The maximum Gasteiger partial charge on any atom is 0.306 e. The van der Waals surface area contributed by atoms with Gasteiger partial charge in [-0.1, -0.05) is 220 Å². The smallest absolute Gasteiger partial charge is 0.306 e. The Morgan fingerprint density at radius 1 is 0.358 bits per heavy atom. The molecule has 0 aliphatic carbocycles. The molecular weight excluding hydrogens is 661 g/mol. The van der Waals surface area contributed by atoms with E-state index in [4.69, 9.17) is 14.2 Å². The maximum absolute atomic E-state index is 12.7. The summed E-state index contributed by atoms with van der Waals surface area (Å²) in [4.78, 5) is 37.6. The Labute approximate surface area is 329 Å². The largest absolute Gasteiger partial charge is 0.462 e. The van der Waals surface area contributed by atoms with Gasteiger partial charge in [-0.25, -0.2) is 0 Å². The molecule has 314 valence electrons. The second-order valence-corrected chi connectivity index (χ2v) is 16.5. The number of rotatable bonds is 42. The zero-order valence-corrected chi connectivity index (χ0v) is 36.0. The molecule has 0 radical (unpaired) electrons. The molecule has 0 aliphatic heterocycles. The van der Waals surface area contributed by atoms with Gasteiger partial charge >= 0.3 is 17.9 Å². The van der Waals surface area contributed by atoms with Crippen LogP contribution in [0.3, 0.4) is 0 Å². The molecule has 0 saturated carbocycles. The zero-order valence-electron chi connectivity index (χ0n) is 36.0. The van der Waals surface area contributed by atoms with Crippen molar-refractivity contribution in [2.45, 2.75) is 265 Å². The summed E-state index contributed by atoms with van der Waals surface area (Å²) in [5.41, 5.74) is 0. The number of unbranched alkanes of at least 4 members (excludes halogenated alkanes) is 29. The van der Waals surface area contributed by atoms with Gasteiger partial charge in [0.05, 0.1) is 0 Å². The summed E-state index contributed by atoms with van der Waals surface area (Å²) in [5, 5.41) is 0. The Morgan fingerprint density at radius 3 is 0.925 bits per heavy atom. The van der Waals surface area contributed by atoms with Gasteiger partial charge in [-0.05, 0) is 25.2 Å². The summed E-state index contributed by atoms with van der Waals surface area (Å²) in [6, 6.07) is 0. The minimum absolute atomic E-state index is 0.0644. The molecule has 0 aromatic rings. The van der Waals surface area contributed by atoms with Crippen LogP contribution in [-0.2, 0) is 28.6 Å². The van der Waals surface area contributed by atoms with Crippen molar-refractivity contribution in [1.29, 1.82) is 0 Å². The van der Waals surface area contributed by atoms with Gasteiger partial charge in [-0.3, -0.25) is 14.4 Å². The van der Waals surface area contributed by atoms with Crippen molar-refractivity contribution >= 4 is 17.9 Å². The summed E-state index contributed by atoms with van der Waals surface area (Å²) in [7, 11) is 0. The first-order valence-corrected chi connectivity index (χ1v) is 23.4. The average molecular weight is 751 g/mol. The van der Waals surface area contributed by atoms with Gasteiger partial charge in [0.2, 0.25) is 0 Å². The van der Waals surface area contributed by atoms with Crippen LogP contribution < -0.4 is 0 Å². The molecule has 0 heterocycles. The van der Waals surface area contributed by atoms with Gasteiger partial charge in [-0.2, -0.15) is 0 Å². The predicted molar refractivity (Wildman–Crippen MR) is 224 cm³/mol. The lowest BCUT2D eigenvalue weighted by molar-refractivity contribution is -0.167. The Bertz CT molecular complexity index is 796. The van der Waals surface area contributed by atoms with E-state index in [2.05, 4.69) is 27.7 Å². The van der Waals surface area contributed by atoms with Crippen molar-refractivity contribution in [3.05, 3.63) is 0 Å². The minimum Gasteiger partial charge on any atom is -0.462 e. The van der Waals surface area contributed by atoms with E-state index in [1.807, 2.05) is 0 Å². The van der Waals surface area contributed by atoms with Crippen molar-refractivity contribution in [2.75, 3.05) is 13.2 Å². The number of hydrogen-bond donors (Lipinski definition) is 0. The van der Waals surface area contributed by atoms with E-state index in [-0.39, 0.29) is 31.1 Å². The summed E-state index contributed by atoms with van der Waals surface area (Å²) in [6.07, 6.45) is 41.0. The number of carbonyl (C=O) groups is 3. The predicted octanol–water partition coefficient (Wildman–Crippen LogP) is 14.7. The lowest BCUT2D eigenvalue weighted by Gasteiger charge is -2.18. The Hall–Kier alpha value is -1.59. The summed E-state index contributed by atoms with van der Waals surface area (Å²) < 4.78 is 16.7. The van der Waals surface area contributed by atoms with Crippen molar-refractivity contribution in [1.82, 2.24) is 0 Å². The van der Waals surface area contributed by atoms with Crippen molar-refractivity contribution in [2.24, 2.45) is 5.92 Å². The fourth-order valence-corrected chi connectivity index (χ4v) is 6.98. The van der Waals surface area contributed by atoms with E-state index in [9.17, 15) is 14.4 Å². The average Bonchev–Trinajstić information content (AvgIpc) is 3.14. The molecule has 6 heteroatoms. The van der Waals surface area contributed by atoms with E-state index in [0.717, 1.165) is 63.7 Å². The molecule has 0 fully saturated rings. The number of ether oxygens (including phenoxy) is 3. The molecule has 0 bridgehead atoms. The minimum atomic E-state index is -0.759. The van der Waals surface area contributed by atoms with Crippen molar-refractivity contribution < 1.29 is 28.6 Å². The van der Waals surface area contributed by atoms with E-state index in [0.29, 0.717) is 19.3 Å². The fourth-order valence-electron chi connectivity index (χ4n) is 6.98. The summed E-state index contributed by atoms with van der Waals surface area (Å²) in [5.74, 6) is -0.0799. The third-order valence-corrected chi connectivity index (χ3v) is 10.5. The van der Waals surface area contributed by atoms with Crippen LogP contribution in [0.25, 0.3) is 0 Å². The van der Waals surface area contributed by atoms with Gasteiger partial charge in [0.1, 0.15) is 13.2 Å². The molecule has 0 aliphatic rings. The molecule has 0 amide bonds. The highest BCUT2D eigenvalue weighted by Crippen LogP contribution is 2.16. The molecule has 0 aromatic heterocycles. The molecule has 1 atom stereocenters. The first-order chi connectivity index (χ1) is 25.9. The molecule has 0 N–H and O–H groups in total. The van der Waals surface area contributed by atoms with E-state index in [1.165, 1.54) is 154 Å². The van der Waals surface area contributed by atoms with E-state index < -0.39 is 6.10 Å². The van der Waals surface area contributed by atoms with Gasteiger partial charge < -0.3 is 14.2 Å². The van der Waals surface area contributed by atoms with Crippen LogP contribution in [0.15, 0.2) is 0 Å². The van der Waals surface area contributed by atoms with Crippen molar-refractivity contribution in [3.63, 3.8) is 0 Å². The normalized spacial score (nSPS) is 11.9. The Balaban J connectivity index is 4.25. The van der Waals surface area contributed by atoms with Crippen LogP contribution in [0.5, 0.6) is 0 Å². The monoisotopic (exact) mass is 751 g/mol. The van der Waals surface area contributed by atoms with Crippen LogP contribution in [0.2, 0.25) is 0 Å². The summed E-state index contributed by atoms with van der Waals surface area (Å²) >= 11 is 0. The Morgan fingerprint density at radius 2 is 0.623 bits per heavy atom. The second-order valence-electron chi connectivity index (χ2n) is 16.5. The van der Waals surface area contributed by atoms with Crippen LogP contribution in [-0.4, -0.2) is 37.2 Å². The first-order valence-electron chi connectivity index (χ1n) is 23.4. The van der Waals surface area contributed by atoms with Crippen LogP contribution >= 0.6 is 0 Å². The molecule has 0 saturated heterocycles. The van der Waals surface area contributed by atoms with Gasteiger partial charge in [-0.15, -0.1) is 0 Å². The highest BCUT2D eigenvalue weighted by Gasteiger charge is 2.19. The van der Waals surface area contributed by atoms with Crippen LogP contribution in [0, 0.1) is 5.92 Å². The molecule has 0 aromatic carbocycles. The first kappa shape index (κ1) is 51.4. The molecule has 53 heavy (non-hydrogen) atoms. The fraction of sp³-hybridized carbons (Fsp3) is 0.936. The third kappa shape index (κ3) is 41.4. The van der Waals surface area contributed by atoms with Crippen LogP contribution in [0.4, 0.5) is 0 Å². The molecule has 0 rings (SSSR count). The zero-order chi connectivity index (χ0) is 38.9. The van der Waals surface area contributed by atoms with Gasteiger partial charge in [0.25, 0.3) is 0 Å². The topological polar surface area (TPSA) is 78.9 Å². The standard InChI is InChI=1S/C47H90O6/c1-5-7-9-11-13-15-16-17-18-19-20-21-23-27-31-35-39-46(49)52-42-44(41-51-45(48)38-34-30-26-22-14-12-10-8-6-2)53-47(50)40-36-32-28-24-25-29-33-37-43(3)4/h43-44H,5-42H2,1-4H3/t44-/m1/s1. The number of carbonyl (C=O) groups excluding carboxylic acids is 3. The molecular formula is C47H90O6. The van der Waals surface area contributed by atoms with Crippen LogP contribution in [0.1, 0.15) is 259 Å². The van der Waals surface area contributed by atoms with Gasteiger partial charge in [0.15, 0.2) is 6.10 Å². The SMILES string of the molecule is CCCCCCCCCCCCCCCCCCC(=O)OC[C@@H](COC(=O)CCCCCCCCCCC)OC(=O)CCCCCCCCCC(C)C. The molecule has 0 spiro atoms. The van der Waals surface area contributed by atoms with Crippen molar-refractivity contribution in [3.8, 4) is 0 Å². The Kier molecular flexibility index (Phi) is 40.3. The summed E-state index contributed by atoms with van der Waals surface area (Å²) in [6.45, 7) is 8.94. The highest BCUT2D eigenvalue weighted by molar-refractivity contribution is 5.71. The van der Waals surface area contributed by atoms with E-state index in [1.54, 1.807) is 0 Å². The van der Waals surface area contributed by atoms with Gasteiger partial charge in [0, 0.05) is 19.3 Å². The molecule has 6 nitrogen and oxygen atoms in total. The lowest BCUT2D eigenvalue weighted by atomic mass is 10.0.